The molecule has 7 rings (SSSR count). The lowest BCUT2D eigenvalue weighted by Gasteiger charge is -2.57. The third-order valence-electron chi connectivity index (χ3n) is 12.0. The van der Waals surface area contributed by atoms with Gasteiger partial charge >= 0.3 is 0 Å². The second-order valence-electron chi connectivity index (χ2n) is 12.6. The van der Waals surface area contributed by atoms with Crippen molar-refractivity contribution in [3.8, 4) is 0 Å². The largest absolute Gasteiger partial charge is 0.299 e. The van der Waals surface area contributed by atoms with Crippen LogP contribution in [0.4, 0.5) is 0 Å². The lowest BCUT2D eigenvalue weighted by atomic mass is 9.46. The second-order valence-corrected chi connectivity index (χ2v) is 12.6. The molecule has 30 heavy (non-hydrogen) atoms. The number of hydrogen-bond donors (Lipinski definition) is 0. The first-order valence-electron chi connectivity index (χ1n) is 13.8. The summed E-state index contributed by atoms with van der Waals surface area (Å²) in [7, 11) is 0. The summed E-state index contributed by atoms with van der Waals surface area (Å²) in [4.78, 5) is 27.9. The minimum absolute atomic E-state index is 0.274. The van der Waals surface area contributed by atoms with Crippen LogP contribution in [0.15, 0.2) is 0 Å². The molecule has 0 saturated heterocycles. The van der Waals surface area contributed by atoms with Gasteiger partial charge in [-0.15, -0.1) is 0 Å². The van der Waals surface area contributed by atoms with E-state index in [-0.39, 0.29) is 11.8 Å². The van der Waals surface area contributed by atoms with Gasteiger partial charge in [-0.1, -0.05) is 38.5 Å². The van der Waals surface area contributed by atoms with Crippen LogP contribution in [-0.4, -0.2) is 11.6 Å². The fourth-order valence-electron chi connectivity index (χ4n) is 11.4. The molecular formula is C28H40O2. The summed E-state index contributed by atoms with van der Waals surface area (Å²) in [5.74, 6) is 8.06. The first-order chi connectivity index (χ1) is 14.8. The molecule has 164 valence electrons. The predicted molar refractivity (Wildman–Crippen MR) is 117 cm³/mol. The maximum Gasteiger partial charge on any atom is 0.139 e. The highest BCUT2D eigenvalue weighted by atomic mass is 16.1. The quantitative estimate of drug-likeness (QED) is 0.487. The van der Waals surface area contributed by atoms with E-state index in [4.69, 9.17) is 0 Å². The Morgan fingerprint density at radius 3 is 1.67 bits per heavy atom. The monoisotopic (exact) mass is 408 g/mol. The third kappa shape index (κ3) is 2.38. The number of ketones is 2. The van der Waals surface area contributed by atoms with Gasteiger partial charge in [0, 0.05) is 23.7 Å². The Kier molecular flexibility index (Phi) is 4.35. The maximum absolute atomic E-state index is 14.0. The summed E-state index contributed by atoms with van der Waals surface area (Å²) in [6.45, 7) is 0. The molecule has 0 aromatic carbocycles. The zero-order valence-corrected chi connectivity index (χ0v) is 18.6. The van der Waals surface area contributed by atoms with Gasteiger partial charge in [0.1, 0.15) is 11.6 Å². The van der Waals surface area contributed by atoms with Gasteiger partial charge in [0.2, 0.25) is 0 Å². The molecule has 0 amide bonds. The van der Waals surface area contributed by atoms with Gasteiger partial charge in [0.15, 0.2) is 0 Å². The number of carbonyl (C=O) groups excluding carboxylic acids is 2. The molecule has 12 unspecified atom stereocenters. The molecule has 2 nitrogen and oxygen atoms in total. The smallest absolute Gasteiger partial charge is 0.139 e. The fraction of sp³-hybridized carbons (Fsp3) is 0.929. The van der Waals surface area contributed by atoms with Crippen LogP contribution in [0.25, 0.3) is 0 Å². The molecule has 7 saturated carbocycles. The van der Waals surface area contributed by atoms with Crippen molar-refractivity contribution in [2.24, 2.45) is 71.0 Å². The predicted octanol–water partition coefficient (Wildman–Crippen LogP) is 6.08. The summed E-state index contributed by atoms with van der Waals surface area (Å²) >= 11 is 0. The summed E-state index contributed by atoms with van der Waals surface area (Å²) in [5.41, 5.74) is 0. The molecule has 0 radical (unpaired) electrons. The zero-order valence-electron chi connectivity index (χ0n) is 18.6. The van der Waals surface area contributed by atoms with Gasteiger partial charge in [-0.2, -0.15) is 0 Å². The average Bonchev–Trinajstić information content (AvgIpc) is 3.27. The van der Waals surface area contributed by atoms with E-state index >= 15 is 0 Å². The number of Topliss-reactive ketones (excluding diaryl/α,β-unsaturated/α-hetero) is 2. The average molecular weight is 409 g/mol. The molecule has 0 spiro atoms. The standard InChI is InChI=1S/C28H40O2/c29-27-21-11-5-2-8-16(21)20-14-13-19-15-7-1-3-9-17(15)23-18-10-4-6-12-22(18)28(30)26(23)24(19)25(20)27/h15-26H,1-14H2. The molecule has 0 aromatic rings. The highest BCUT2D eigenvalue weighted by Gasteiger charge is 2.67. The molecule has 0 heterocycles. The van der Waals surface area contributed by atoms with Crippen LogP contribution in [0.1, 0.15) is 89.9 Å². The highest BCUT2D eigenvalue weighted by molar-refractivity contribution is 5.91. The zero-order chi connectivity index (χ0) is 20.0. The maximum atomic E-state index is 14.0. The van der Waals surface area contributed by atoms with Crippen molar-refractivity contribution in [1.29, 1.82) is 0 Å². The normalized spacial score (nSPS) is 56.9. The van der Waals surface area contributed by atoms with Crippen molar-refractivity contribution in [2.75, 3.05) is 0 Å². The first-order valence-corrected chi connectivity index (χ1v) is 13.8. The van der Waals surface area contributed by atoms with E-state index in [0.717, 1.165) is 18.3 Å². The Balaban J connectivity index is 1.32. The molecule has 0 aliphatic heterocycles. The summed E-state index contributed by atoms with van der Waals surface area (Å²) < 4.78 is 0. The summed E-state index contributed by atoms with van der Waals surface area (Å²) in [6.07, 6.45) is 18.4. The van der Waals surface area contributed by atoms with Gasteiger partial charge in [-0.05, 0) is 98.7 Å². The van der Waals surface area contributed by atoms with Crippen LogP contribution in [0.2, 0.25) is 0 Å². The molecule has 2 heteroatoms. The number of hydrogen-bond acceptors (Lipinski definition) is 2. The lowest BCUT2D eigenvalue weighted by molar-refractivity contribution is -0.145. The number of rotatable bonds is 0. The van der Waals surface area contributed by atoms with Gasteiger partial charge in [0.25, 0.3) is 0 Å². The minimum atomic E-state index is 0.274. The molecular weight excluding hydrogens is 368 g/mol. The topological polar surface area (TPSA) is 34.1 Å². The van der Waals surface area contributed by atoms with E-state index in [1.165, 1.54) is 83.5 Å². The Hall–Kier alpha value is -0.660. The van der Waals surface area contributed by atoms with Gasteiger partial charge in [-0.3, -0.25) is 9.59 Å². The van der Waals surface area contributed by atoms with Crippen LogP contribution < -0.4 is 0 Å². The van der Waals surface area contributed by atoms with Gasteiger partial charge in [0.05, 0.1) is 0 Å². The van der Waals surface area contributed by atoms with Crippen LogP contribution in [0.5, 0.6) is 0 Å². The lowest BCUT2D eigenvalue weighted by Crippen LogP contribution is -2.54. The van der Waals surface area contributed by atoms with E-state index in [1.807, 2.05) is 0 Å². The Morgan fingerprint density at radius 1 is 0.400 bits per heavy atom. The summed E-state index contributed by atoms with van der Waals surface area (Å²) in [6, 6.07) is 0. The molecule has 12 atom stereocenters. The number of carbonyl (C=O) groups is 2. The van der Waals surface area contributed by atoms with Crippen LogP contribution in [0.3, 0.4) is 0 Å². The van der Waals surface area contributed by atoms with Crippen LogP contribution in [-0.2, 0) is 9.59 Å². The van der Waals surface area contributed by atoms with Crippen molar-refractivity contribution in [2.45, 2.75) is 89.9 Å². The van der Waals surface area contributed by atoms with Gasteiger partial charge in [-0.25, -0.2) is 0 Å². The summed E-state index contributed by atoms with van der Waals surface area (Å²) in [5, 5.41) is 0. The second kappa shape index (κ2) is 6.92. The molecule has 7 aliphatic carbocycles. The molecule has 0 bridgehead atoms. The van der Waals surface area contributed by atoms with E-state index < -0.39 is 0 Å². The fourth-order valence-corrected chi connectivity index (χ4v) is 11.4. The molecule has 0 N–H and O–H groups in total. The van der Waals surface area contributed by atoms with E-state index in [2.05, 4.69) is 0 Å². The van der Waals surface area contributed by atoms with Crippen molar-refractivity contribution in [3.63, 3.8) is 0 Å². The van der Waals surface area contributed by atoms with E-state index in [9.17, 15) is 9.59 Å². The third-order valence-corrected chi connectivity index (χ3v) is 12.0. The minimum Gasteiger partial charge on any atom is -0.299 e. The molecule has 7 fully saturated rings. The van der Waals surface area contributed by atoms with E-state index in [0.29, 0.717) is 58.9 Å². The van der Waals surface area contributed by atoms with E-state index in [1.54, 1.807) is 0 Å². The Bertz CT molecular complexity index is 741. The van der Waals surface area contributed by atoms with Crippen molar-refractivity contribution in [1.82, 2.24) is 0 Å². The Morgan fingerprint density at radius 2 is 0.900 bits per heavy atom. The van der Waals surface area contributed by atoms with Crippen molar-refractivity contribution < 1.29 is 9.59 Å². The van der Waals surface area contributed by atoms with Crippen LogP contribution >= 0.6 is 0 Å². The Labute approximate surface area is 182 Å². The SMILES string of the molecule is O=C1C2CCCCC2C2CCC3C4CCCCC4C4C5CCCCC5C(=O)C4C3C12. The van der Waals surface area contributed by atoms with Crippen molar-refractivity contribution in [3.05, 3.63) is 0 Å². The molecule has 7 aliphatic rings. The highest BCUT2D eigenvalue weighted by Crippen LogP contribution is 2.68. The first kappa shape index (κ1) is 18.9. The van der Waals surface area contributed by atoms with Crippen LogP contribution in [0, 0.1) is 71.0 Å². The molecule has 0 aromatic heterocycles. The van der Waals surface area contributed by atoms with Gasteiger partial charge < -0.3 is 0 Å². The van der Waals surface area contributed by atoms with Crippen molar-refractivity contribution >= 4 is 11.6 Å². The number of fused-ring (bicyclic) bond motifs is 12.